The first kappa shape index (κ1) is 20.5. The molecule has 1 aliphatic carbocycles. The van der Waals surface area contributed by atoms with E-state index in [1.807, 2.05) is 13.0 Å². The van der Waals surface area contributed by atoms with Gasteiger partial charge in [-0.25, -0.2) is 0 Å². The molecule has 1 heterocycles. The number of furan rings is 1. The lowest BCUT2D eigenvalue weighted by atomic mass is 9.91. The Labute approximate surface area is 184 Å². The van der Waals surface area contributed by atoms with Crippen molar-refractivity contribution in [2.45, 2.75) is 46.3 Å². The van der Waals surface area contributed by atoms with E-state index in [0.717, 1.165) is 45.2 Å². The van der Waals surface area contributed by atoms with Crippen molar-refractivity contribution in [3.63, 3.8) is 0 Å². The van der Waals surface area contributed by atoms with Crippen LogP contribution < -0.4 is 5.19 Å². The number of allylic oxidation sites excluding steroid dienone is 1. The Balaban J connectivity index is 1.90. The van der Waals surface area contributed by atoms with Crippen LogP contribution in [-0.4, -0.2) is 8.07 Å². The standard InChI is InChI=1S/C25H26Cl2OSi/c1-6-16-8-9-17-11-18(23-10-7-15(2)28-23)12-20(17)24(16)19-13-21(26)25(22(27)14-19)29(3,4)5/h7-10,12-14H,6,11H2,1-5H3. The van der Waals surface area contributed by atoms with Gasteiger partial charge >= 0.3 is 0 Å². The summed E-state index contributed by atoms with van der Waals surface area (Å²) < 4.78 is 5.89. The first-order valence-corrected chi connectivity index (χ1v) is 14.4. The highest BCUT2D eigenvalue weighted by Gasteiger charge is 2.26. The van der Waals surface area contributed by atoms with E-state index in [1.165, 1.54) is 27.8 Å². The largest absolute Gasteiger partial charge is 0.462 e. The van der Waals surface area contributed by atoms with Gasteiger partial charge in [-0.05, 0) is 82.3 Å². The molecule has 29 heavy (non-hydrogen) atoms. The summed E-state index contributed by atoms with van der Waals surface area (Å²) in [7, 11) is -1.63. The maximum atomic E-state index is 6.76. The van der Waals surface area contributed by atoms with Gasteiger partial charge in [0, 0.05) is 16.5 Å². The van der Waals surface area contributed by atoms with Crippen molar-refractivity contribution in [2.75, 3.05) is 0 Å². The van der Waals surface area contributed by atoms with Gasteiger partial charge < -0.3 is 4.42 Å². The Hall–Kier alpha value is -1.74. The Morgan fingerprint density at radius 2 is 1.69 bits per heavy atom. The van der Waals surface area contributed by atoms with Gasteiger partial charge in [0.25, 0.3) is 0 Å². The molecule has 0 N–H and O–H groups in total. The van der Waals surface area contributed by atoms with Crippen molar-refractivity contribution in [3.8, 4) is 11.1 Å². The molecule has 4 heteroatoms. The van der Waals surface area contributed by atoms with E-state index in [9.17, 15) is 0 Å². The molecule has 0 amide bonds. The second-order valence-corrected chi connectivity index (χ2v) is 14.7. The minimum absolute atomic E-state index is 0.787. The molecule has 1 aliphatic rings. The summed E-state index contributed by atoms with van der Waals surface area (Å²) in [6.45, 7) is 11.0. The van der Waals surface area contributed by atoms with Crippen LogP contribution in [0.3, 0.4) is 0 Å². The van der Waals surface area contributed by atoms with Gasteiger partial charge in [0.1, 0.15) is 11.5 Å². The molecule has 0 aliphatic heterocycles. The van der Waals surface area contributed by atoms with Crippen LogP contribution in [0.5, 0.6) is 0 Å². The van der Waals surface area contributed by atoms with Crippen molar-refractivity contribution in [2.24, 2.45) is 0 Å². The van der Waals surface area contributed by atoms with Gasteiger partial charge in [-0.1, -0.05) is 61.9 Å². The highest BCUT2D eigenvalue weighted by molar-refractivity contribution is 6.91. The van der Waals surface area contributed by atoms with Gasteiger partial charge in [-0.3, -0.25) is 0 Å². The fraction of sp³-hybridized carbons (Fsp3) is 0.280. The lowest BCUT2D eigenvalue weighted by Gasteiger charge is -2.22. The van der Waals surface area contributed by atoms with Crippen LogP contribution in [0.15, 0.2) is 40.8 Å². The van der Waals surface area contributed by atoms with Crippen molar-refractivity contribution in [1.29, 1.82) is 0 Å². The first-order chi connectivity index (χ1) is 13.7. The molecule has 1 aromatic heterocycles. The lowest BCUT2D eigenvalue weighted by Crippen LogP contribution is -2.39. The zero-order valence-electron chi connectivity index (χ0n) is 17.6. The quantitative estimate of drug-likeness (QED) is 0.377. The molecule has 4 rings (SSSR count). The lowest BCUT2D eigenvalue weighted by molar-refractivity contribution is 0.521. The summed E-state index contributed by atoms with van der Waals surface area (Å²) >= 11 is 13.5. The van der Waals surface area contributed by atoms with Crippen molar-refractivity contribution in [1.82, 2.24) is 0 Å². The highest BCUT2D eigenvalue weighted by atomic mass is 35.5. The van der Waals surface area contributed by atoms with E-state index in [-0.39, 0.29) is 0 Å². The number of aryl methyl sites for hydroxylation is 2. The Morgan fingerprint density at radius 1 is 1.00 bits per heavy atom. The average molecular weight is 441 g/mol. The van der Waals surface area contributed by atoms with Gasteiger partial charge in [0.15, 0.2) is 0 Å². The van der Waals surface area contributed by atoms with Crippen LogP contribution in [0.1, 0.15) is 35.1 Å². The highest BCUT2D eigenvalue weighted by Crippen LogP contribution is 2.41. The predicted molar refractivity (Wildman–Crippen MR) is 129 cm³/mol. The van der Waals surface area contributed by atoms with Crippen LogP contribution in [0, 0.1) is 6.92 Å². The zero-order valence-corrected chi connectivity index (χ0v) is 20.1. The van der Waals surface area contributed by atoms with Crippen molar-refractivity contribution >= 4 is 48.1 Å². The normalized spacial score (nSPS) is 13.6. The maximum absolute atomic E-state index is 6.76. The molecular formula is C25H26Cl2OSi. The summed E-state index contributed by atoms with van der Waals surface area (Å²) in [5.74, 6) is 1.89. The molecule has 0 saturated heterocycles. The SMILES string of the molecule is CCc1ccc2c(c1-c1cc(Cl)c([Si](C)(C)C)c(Cl)c1)C=C(c1ccc(C)o1)C2. The minimum Gasteiger partial charge on any atom is -0.462 e. The van der Waals surface area contributed by atoms with Crippen LogP contribution in [0.4, 0.5) is 0 Å². The molecular weight excluding hydrogens is 415 g/mol. The van der Waals surface area contributed by atoms with Gasteiger partial charge in [0.05, 0.1) is 8.07 Å². The molecule has 0 atom stereocenters. The van der Waals surface area contributed by atoms with E-state index in [2.05, 4.69) is 63.0 Å². The number of benzene rings is 2. The van der Waals surface area contributed by atoms with Crippen molar-refractivity contribution in [3.05, 3.63) is 74.7 Å². The molecule has 0 spiro atoms. The summed E-state index contributed by atoms with van der Waals surface area (Å²) in [4.78, 5) is 0. The van der Waals surface area contributed by atoms with Crippen molar-refractivity contribution < 1.29 is 4.42 Å². The minimum atomic E-state index is -1.63. The number of halogens is 2. The van der Waals surface area contributed by atoms with E-state index >= 15 is 0 Å². The Kier molecular flexibility index (Phi) is 5.31. The molecule has 1 nitrogen and oxygen atoms in total. The fourth-order valence-electron chi connectivity index (χ4n) is 4.29. The molecule has 0 fully saturated rings. The van der Waals surface area contributed by atoms with Crippen LogP contribution in [0.2, 0.25) is 29.7 Å². The molecule has 0 radical (unpaired) electrons. The van der Waals surface area contributed by atoms with Crippen LogP contribution >= 0.6 is 23.2 Å². The second-order valence-electron chi connectivity index (χ2n) is 8.85. The second kappa shape index (κ2) is 7.50. The van der Waals surface area contributed by atoms with Gasteiger partial charge in [-0.2, -0.15) is 0 Å². The third kappa shape index (κ3) is 3.74. The summed E-state index contributed by atoms with van der Waals surface area (Å²) in [5, 5.41) is 2.71. The third-order valence-electron chi connectivity index (χ3n) is 5.64. The number of rotatable bonds is 4. The molecule has 3 aromatic rings. The number of fused-ring (bicyclic) bond motifs is 1. The molecule has 150 valence electrons. The average Bonchev–Trinajstić information content (AvgIpc) is 3.24. The Bertz CT molecular complexity index is 1110. The third-order valence-corrected chi connectivity index (χ3v) is 8.59. The molecule has 0 saturated carbocycles. The van der Waals surface area contributed by atoms with Crippen LogP contribution in [-0.2, 0) is 12.8 Å². The van der Waals surface area contributed by atoms with Gasteiger partial charge in [0.2, 0.25) is 0 Å². The molecule has 2 aromatic carbocycles. The van der Waals surface area contributed by atoms with E-state index in [4.69, 9.17) is 27.6 Å². The fourth-order valence-corrected chi connectivity index (χ4v) is 8.06. The Morgan fingerprint density at radius 3 is 2.24 bits per heavy atom. The van der Waals surface area contributed by atoms with E-state index in [1.54, 1.807) is 0 Å². The molecule has 0 unspecified atom stereocenters. The van der Waals surface area contributed by atoms with E-state index < -0.39 is 8.07 Å². The monoisotopic (exact) mass is 440 g/mol. The molecule has 0 bridgehead atoms. The summed E-state index contributed by atoms with van der Waals surface area (Å²) in [6.07, 6.45) is 4.11. The van der Waals surface area contributed by atoms with E-state index in [0.29, 0.717) is 0 Å². The number of hydrogen-bond acceptors (Lipinski definition) is 1. The maximum Gasteiger partial charge on any atom is 0.130 e. The summed E-state index contributed by atoms with van der Waals surface area (Å²) in [6, 6.07) is 12.8. The number of hydrogen-bond donors (Lipinski definition) is 0. The first-order valence-electron chi connectivity index (χ1n) is 10.1. The zero-order chi connectivity index (χ0) is 20.9. The topological polar surface area (TPSA) is 13.1 Å². The predicted octanol–water partition coefficient (Wildman–Crippen LogP) is 7.77. The van der Waals surface area contributed by atoms with Gasteiger partial charge in [-0.15, -0.1) is 0 Å². The summed E-state index contributed by atoms with van der Waals surface area (Å²) in [5.41, 5.74) is 7.46. The van der Waals surface area contributed by atoms with Crippen LogP contribution in [0.25, 0.3) is 22.8 Å². The smallest absolute Gasteiger partial charge is 0.130 e.